The van der Waals surface area contributed by atoms with Gasteiger partial charge in [-0.05, 0) is 32.4 Å². The zero-order valence-corrected chi connectivity index (χ0v) is 13.0. The topological polar surface area (TPSA) is 84.2 Å². The van der Waals surface area contributed by atoms with Crippen LogP contribution in [-0.2, 0) is 13.0 Å². The van der Waals surface area contributed by atoms with Gasteiger partial charge in [0.2, 0.25) is 0 Å². The monoisotopic (exact) mass is 307 g/mol. The number of nitrogens with one attached hydrogen (secondary N) is 1. The minimum atomic E-state index is -1.05. The van der Waals surface area contributed by atoms with Crippen molar-refractivity contribution in [2.24, 2.45) is 0 Å². The number of aryl methyl sites for hydroxylation is 3. The first kappa shape index (κ1) is 15.2. The first-order valence-corrected chi connectivity index (χ1v) is 7.49. The van der Waals surface area contributed by atoms with Gasteiger partial charge in [-0.3, -0.25) is 9.48 Å². The van der Waals surface area contributed by atoms with Crippen LogP contribution >= 0.6 is 11.3 Å². The fourth-order valence-corrected chi connectivity index (χ4v) is 2.90. The number of carbonyl (C=O) groups is 2. The fraction of sp³-hybridized carbons (Fsp3) is 0.357. The van der Waals surface area contributed by atoms with Crippen molar-refractivity contribution in [2.75, 3.05) is 5.32 Å². The Labute approximate surface area is 126 Å². The van der Waals surface area contributed by atoms with Gasteiger partial charge in [-0.1, -0.05) is 6.92 Å². The number of aromatic nitrogens is 2. The van der Waals surface area contributed by atoms with E-state index in [0.717, 1.165) is 17.0 Å². The van der Waals surface area contributed by atoms with Crippen molar-refractivity contribution in [3.63, 3.8) is 0 Å². The standard InChI is InChI=1S/C14H17N3O3S/c1-4-9-7-11(17(5-2)16-9)12(18)15-13-10(14(19)20)6-8(3)21-13/h6-7H,4-5H2,1-3H3,(H,15,18)(H,19,20). The summed E-state index contributed by atoms with van der Waals surface area (Å²) in [5, 5.41) is 16.5. The van der Waals surface area contributed by atoms with Gasteiger partial charge >= 0.3 is 5.97 Å². The van der Waals surface area contributed by atoms with Gasteiger partial charge in [-0.15, -0.1) is 11.3 Å². The summed E-state index contributed by atoms with van der Waals surface area (Å²) in [6.07, 6.45) is 0.742. The molecule has 0 aromatic carbocycles. The van der Waals surface area contributed by atoms with E-state index in [1.165, 1.54) is 11.3 Å². The largest absolute Gasteiger partial charge is 0.478 e. The van der Waals surface area contributed by atoms with Crippen molar-refractivity contribution in [1.82, 2.24) is 9.78 Å². The summed E-state index contributed by atoms with van der Waals surface area (Å²) in [6, 6.07) is 3.29. The van der Waals surface area contributed by atoms with Crippen LogP contribution in [-0.4, -0.2) is 26.8 Å². The number of carboxylic acids is 1. The molecular weight excluding hydrogens is 290 g/mol. The Hall–Kier alpha value is -2.15. The quantitative estimate of drug-likeness (QED) is 0.889. The van der Waals surface area contributed by atoms with Crippen LogP contribution in [0.2, 0.25) is 0 Å². The molecule has 0 fully saturated rings. The number of rotatable bonds is 5. The van der Waals surface area contributed by atoms with Crippen LogP contribution in [0.15, 0.2) is 12.1 Å². The summed E-state index contributed by atoms with van der Waals surface area (Å²) in [4.78, 5) is 24.3. The number of aromatic carboxylic acids is 1. The fourth-order valence-electron chi connectivity index (χ4n) is 2.00. The van der Waals surface area contributed by atoms with E-state index in [9.17, 15) is 9.59 Å². The summed E-state index contributed by atoms with van der Waals surface area (Å²) in [5.41, 5.74) is 1.39. The van der Waals surface area contributed by atoms with Crippen molar-refractivity contribution < 1.29 is 14.7 Å². The highest BCUT2D eigenvalue weighted by Gasteiger charge is 2.19. The van der Waals surface area contributed by atoms with E-state index in [1.807, 2.05) is 13.8 Å². The lowest BCUT2D eigenvalue weighted by molar-refractivity contribution is 0.0698. The van der Waals surface area contributed by atoms with E-state index >= 15 is 0 Å². The van der Waals surface area contributed by atoms with E-state index in [1.54, 1.807) is 23.7 Å². The van der Waals surface area contributed by atoms with Crippen molar-refractivity contribution in [3.05, 3.63) is 34.0 Å². The molecule has 7 heteroatoms. The Balaban J connectivity index is 2.30. The minimum Gasteiger partial charge on any atom is -0.478 e. The van der Waals surface area contributed by atoms with E-state index in [2.05, 4.69) is 10.4 Å². The molecule has 0 aliphatic carbocycles. The van der Waals surface area contributed by atoms with Gasteiger partial charge in [0, 0.05) is 11.4 Å². The third kappa shape index (κ3) is 3.13. The van der Waals surface area contributed by atoms with Gasteiger partial charge in [0.15, 0.2) is 0 Å². The Morgan fingerprint density at radius 1 is 1.38 bits per heavy atom. The maximum Gasteiger partial charge on any atom is 0.338 e. The lowest BCUT2D eigenvalue weighted by atomic mass is 10.2. The summed E-state index contributed by atoms with van der Waals surface area (Å²) >= 11 is 1.25. The predicted octanol–water partition coefficient (Wildman–Crippen LogP) is 2.79. The molecule has 0 spiro atoms. The van der Waals surface area contributed by atoms with Crippen LogP contribution in [0.4, 0.5) is 5.00 Å². The molecule has 2 aromatic heterocycles. The van der Waals surface area contributed by atoms with Crippen LogP contribution in [0.25, 0.3) is 0 Å². The molecule has 21 heavy (non-hydrogen) atoms. The van der Waals surface area contributed by atoms with Gasteiger partial charge in [0.05, 0.1) is 11.3 Å². The molecule has 2 N–H and O–H groups in total. The van der Waals surface area contributed by atoms with Gasteiger partial charge in [-0.2, -0.15) is 5.10 Å². The van der Waals surface area contributed by atoms with E-state index < -0.39 is 5.97 Å². The van der Waals surface area contributed by atoms with Crippen molar-refractivity contribution in [1.29, 1.82) is 0 Å². The molecule has 0 aliphatic rings. The second kappa shape index (κ2) is 6.09. The van der Waals surface area contributed by atoms with Gasteiger partial charge in [0.1, 0.15) is 10.7 Å². The second-order valence-corrected chi connectivity index (χ2v) is 5.81. The lowest BCUT2D eigenvalue weighted by Gasteiger charge is -2.05. The predicted molar refractivity (Wildman–Crippen MR) is 81.2 cm³/mol. The molecule has 6 nitrogen and oxygen atoms in total. The van der Waals surface area contributed by atoms with Crippen LogP contribution in [0.1, 0.15) is 45.3 Å². The molecule has 112 valence electrons. The molecule has 2 rings (SSSR count). The molecule has 0 bridgehead atoms. The normalized spacial score (nSPS) is 10.6. The van der Waals surface area contributed by atoms with Crippen LogP contribution in [0.5, 0.6) is 0 Å². The summed E-state index contributed by atoms with van der Waals surface area (Å²) in [7, 11) is 0. The summed E-state index contributed by atoms with van der Waals surface area (Å²) < 4.78 is 1.62. The van der Waals surface area contributed by atoms with Gasteiger partial charge in [-0.25, -0.2) is 4.79 Å². The number of nitrogens with zero attached hydrogens (tertiary/aromatic N) is 2. The third-order valence-electron chi connectivity index (χ3n) is 3.04. The molecule has 0 saturated heterocycles. The number of amides is 1. The lowest BCUT2D eigenvalue weighted by Crippen LogP contribution is -2.18. The number of hydrogen-bond acceptors (Lipinski definition) is 4. The van der Waals surface area contributed by atoms with Crippen LogP contribution < -0.4 is 5.32 Å². The molecule has 2 heterocycles. The maximum absolute atomic E-state index is 12.3. The Morgan fingerprint density at radius 2 is 2.10 bits per heavy atom. The molecule has 2 aromatic rings. The average molecular weight is 307 g/mol. The number of carboxylic acid groups (broad SMARTS) is 1. The number of anilines is 1. The molecule has 0 radical (unpaired) electrons. The minimum absolute atomic E-state index is 0.115. The summed E-state index contributed by atoms with van der Waals surface area (Å²) in [6.45, 7) is 6.26. The van der Waals surface area contributed by atoms with Gasteiger partial charge < -0.3 is 10.4 Å². The van der Waals surface area contributed by atoms with Crippen molar-refractivity contribution in [3.8, 4) is 0 Å². The van der Waals surface area contributed by atoms with Crippen LogP contribution in [0, 0.1) is 6.92 Å². The van der Waals surface area contributed by atoms with E-state index in [4.69, 9.17) is 5.11 Å². The molecule has 0 aliphatic heterocycles. The molecule has 0 saturated carbocycles. The zero-order valence-electron chi connectivity index (χ0n) is 12.1. The number of hydrogen-bond donors (Lipinski definition) is 2. The van der Waals surface area contributed by atoms with E-state index in [-0.39, 0.29) is 11.5 Å². The molecule has 1 amide bonds. The maximum atomic E-state index is 12.3. The highest BCUT2D eigenvalue weighted by molar-refractivity contribution is 7.16. The number of thiophene rings is 1. The first-order valence-electron chi connectivity index (χ1n) is 6.68. The van der Waals surface area contributed by atoms with Gasteiger partial charge in [0.25, 0.3) is 5.91 Å². The Bertz CT molecular complexity index is 688. The summed E-state index contributed by atoms with van der Waals surface area (Å²) in [5.74, 6) is -1.39. The smallest absolute Gasteiger partial charge is 0.338 e. The third-order valence-corrected chi connectivity index (χ3v) is 4.00. The Morgan fingerprint density at radius 3 is 2.67 bits per heavy atom. The molecule has 0 atom stereocenters. The average Bonchev–Trinajstić information content (AvgIpc) is 3.01. The number of carbonyl (C=O) groups excluding carboxylic acids is 1. The first-order chi connectivity index (χ1) is 9.96. The highest BCUT2D eigenvalue weighted by Crippen LogP contribution is 2.28. The SMILES string of the molecule is CCc1cc(C(=O)Nc2sc(C)cc2C(=O)O)n(CC)n1. The Kier molecular flexibility index (Phi) is 4.42. The zero-order chi connectivity index (χ0) is 15.6. The van der Waals surface area contributed by atoms with E-state index in [0.29, 0.717) is 17.2 Å². The van der Waals surface area contributed by atoms with Crippen molar-refractivity contribution in [2.45, 2.75) is 33.7 Å². The molecule has 0 unspecified atom stereocenters. The van der Waals surface area contributed by atoms with Crippen molar-refractivity contribution >= 4 is 28.2 Å². The molecular formula is C14H17N3O3S. The highest BCUT2D eigenvalue weighted by atomic mass is 32.1. The second-order valence-electron chi connectivity index (χ2n) is 4.55. The van der Waals surface area contributed by atoms with Crippen LogP contribution in [0.3, 0.4) is 0 Å².